The molecule has 0 amide bonds. The van der Waals surface area contributed by atoms with Crippen LogP contribution in [0.15, 0.2) is 36.8 Å². The summed E-state index contributed by atoms with van der Waals surface area (Å²) in [6, 6.07) is 7.55. The Kier molecular flexibility index (Phi) is 3.72. The third kappa shape index (κ3) is 2.95. The Balaban J connectivity index is 1.93. The Hall–Kier alpha value is -2.61. The number of pyridine rings is 2. The number of hydrogen-bond donors (Lipinski definition) is 2. The minimum absolute atomic E-state index is 0.465. The fourth-order valence-electron chi connectivity index (χ4n) is 1.57. The molecule has 0 spiro atoms. The summed E-state index contributed by atoms with van der Waals surface area (Å²) in [5.74, 6) is 0.614. The quantitative estimate of drug-likeness (QED) is 0.845. The molecule has 0 radical (unpaired) electrons. The molecule has 0 saturated heterocycles. The highest BCUT2D eigenvalue weighted by Gasteiger charge is 2.01. The minimum atomic E-state index is 0.465. The number of hydrogen-bond acceptors (Lipinski definition) is 5. The molecule has 5 nitrogen and oxygen atoms in total. The lowest BCUT2D eigenvalue weighted by Gasteiger charge is -2.08. The molecule has 0 unspecified atom stereocenters. The highest BCUT2D eigenvalue weighted by molar-refractivity contribution is 5.63. The Morgan fingerprint density at radius 1 is 1.33 bits per heavy atom. The largest absolute Gasteiger partial charge is 0.396 e. The second-order valence-corrected chi connectivity index (χ2v) is 3.81. The van der Waals surface area contributed by atoms with E-state index >= 15 is 0 Å². The van der Waals surface area contributed by atoms with Gasteiger partial charge in [0.25, 0.3) is 0 Å². The molecule has 0 atom stereocenters. The normalized spacial score (nSPS) is 9.72. The predicted molar refractivity (Wildman–Crippen MR) is 69.8 cm³/mol. The number of nitrogens with two attached hydrogens (primary N) is 1. The lowest BCUT2D eigenvalue weighted by Crippen LogP contribution is -2.08. The second kappa shape index (κ2) is 5.64. The summed E-state index contributed by atoms with van der Waals surface area (Å²) in [6.07, 6.45) is 5.90. The van der Waals surface area contributed by atoms with Gasteiger partial charge in [-0.2, -0.15) is 5.26 Å². The smallest absolute Gasteiger partial charge is 0.149 e. The van der Waals surface area contributed by atoms with Crippen LogP contribution in [0.2, 0.25) is 0 Å². The zero-order chi connectivity index (χ0) is 12.8. The van der Waals surface area contributed by atoms with Gasteiger partial charge in [-0.25, -0.2) is 4.98 Å². The Bertz CT molecular complexity index is 559. The van der Waals surface area contributed by atoms with E-state index in [2.05, 4.69) is 15.3 Å². The monoisotopic (exact) mass is 239 g/mol. The number of nitrogens with one attached hydrogen (secondary N) is 1. The zero-order valence-electron chi connectivity index (χ0n) is 9.80. The van der Waals surface area contributed by atoms with Gasteiger partial charge in [0.05, 0.1) is 11.3 Å². The van der Waals surface area contributed by atoms with E-state index in [4.69, 9.17) is 11.0 Å². The molecule has 3 N–H and O–H groups in total. The van der Waals surface area contributed by atoms with Gasteiger partial charge < -0.3 is 11.1 Å². The highest BCUT2D eigenvalue weighted by atomic mass is 15.0. The van der Waals surface area contributed by atoms with Crippen molar-refractivity contribution in [1.82, 2.24) is 9.97 Å². The van der Waals surface area contributed by atoms with Gasteiger partial charge in [0, 0.05) is 25.1 Å². The Morgan fingerprint density at radius 3 is 2.78 bits per heavy atom. The Morgan fingerprint density at radius 2 is 2.11 bits per heavy atom. The fourth-order valence-corrected chi connectivity index (χ4v) is 1.57. The molecule has 90 valence electrons. The van der Waals surface area contributed by atoms with Gasteiger partial charge in [0.1, 0.15) is 11.9 Å². The average Bonchev–Trinajstić information content (AvgIpc) is 2.42. The van der Waals surface area contributed by atoms with Gasteiger partial charge >= 0.3 is 0 Å². The van der Waals surface area contributed by atoms with E-state index in [1.165, 1.54) is 11.8 Å². The molecule has 5 heteroatoms. The summed E-state index contributed by atoms with van der Waals surface area (Å²) >= 11 is 0. The summed E-state index contributed by atoms with van der Waals surface area (Å²) < 4.78 is 0. The maximum Gasteiger partial charge on any atom is 0.149 e. The van der Waals surface area contributed by atoms with Crippen molar-refractivity contribution in [2.75, 3.05) is 17.6 Å². The van der Waals surface area contributed by atoms with Gasteiger partial charge in [-0.1, -0.05) is 0 Å². The fraction of sp³-hybridized carbons (Fsp3) is 0.154. The number of rotatable bonds is 4. The summed E-state index contributed by atoms with van der Waals surface area (Å²) in [7, 11) is 0. The van der Waals surface area contributed by atoms with Crippen molar-refractivity contribution in [3.63, 3.8) is 0 Å². The summed E-state index contributed by atoms with van der Waals surface area (Å²) in [6.45, 7) is 0.729. The maximum absolute atomic E-state index is 8.71. The molecule has 2 aromatic rings. The molecule has 0 aliphatic heterocycles. The number of nitrogens with zero attached hydrogens (tertiary/aromatic N) is 3. The molecule has 2 aromatic heterocycles. The van der Waals surface area contributed by atoms with Crippen LogP contribution in [0.4, 0.5) is 11.5 Å². The molecule has 18 heavy (non-hydrogen) atoms. The van der Waals surface area contributed by atoms with Crippen LogP contribution < -0.4 is 11.1 Å². The van der Waals surface area contributed by atoms with Crippen LogP contribution in [-0.2, 0) is 6.42 Å². The van der Waals surface area contributed by atoms with Crippen molar-refractivity contribution in [3.8, 4) is 6.07 Å². The first kappa shape index (κ1) is 11.9. The molecule has 0 bridgehead atoms. The van der Waals surface area contributed by atoms with Crippen LogP contribution >= 0.6 is 0 Å². The molecule has 0 aliphatic rings. The van der Waals surface area contributed by atoms with Crippen molar-refractivity contribution >= 4 is 11.5 Å². The summed E-state index contributed by atoms with van der Waals surface area (Å²) in [5.41, 5.74) is 7.94. The van der Waals surface area contributed by atoms with Crippen molar-refractivity contribution in [2.24, 2.45) is 0 Å². The zero-order valence-corrected chi connectivity index (χ0v) is 9.80. The number of aromatic nitrogens is 2. The van der Waals surface area contributed by atoms with Crippen LogP contribution in [0.25, 0.3) is 0 Å². The van der Waals surface area contributed by atoms with E-state index in [0.717, 1.165) is 13.0 Å². The van der Waals surface area contributed by atoms with E-state index in [1.807, 2.05) is 18.2 Å². The second-order valence-electron chi connectivity index (χ2n) is 3.81. The molecule has 0 saturated carbocycles. The van der Waals surface area contributed by atoms with E-state index in [9.17, 15) is 0 Å². The topological polar surface area (TPSA) is 87.6 Å². The average molecular weight is 239 g/mol. The summed E-state index contributed by atoms with van der Waals surface area (Å²) in [4.78, 5) is 8.07. The Labute approximate surface area is 105 Å². The van der Waals surface area contributed by atoms with Gasteiger partial charge in [-0.3, -0.25) is 4.98 Å². The predicted octanol–water partition coefficient (Wildman–Crippen LogP) is 1.59. The van der Waals surface area contributed by atoms with E-state index in [0.29, 0.717) is 17.1 Å². The third-order valence-corrected chi connectivity index (χ3v) is 2.50. The first-order chi connectivity index (χ1) is 8.79. The van der Waals surface area contributed by atoms with Crippen LogP contribution in [0, 0.1) is 11.3 Å². The molecular weight excluding hydrogens is 226 g/mol. The van der Waals surface area contributed by atoms with Gasteiger partial charge in [0.2, 0.25) is 0 Å². The molecule has 0 aliphatic carbocycles. The number of nitrogen functional groups attached to an aromatic ring is 1. The first-order valence-corrected chi connectivity index (χ1v) is 5.58. The van der Waals surface area contributed by atoms with Crippen molar-refractivity contribution in [1.29, 1.82) is 5.26 Å². The molecule has 2 heterocycles. The molecule has 0 fully saturated rings. The standard InChI is InChI=1S/C13H13N5/c14-8-11-7-12(15)13(18-9-11)17-6-3-10-1-4-16-5-2-10/h1-2,4-5,7,9H,3,6,15H2,(H,17,18). The van der Waals surface area contributed by atoms with E-state index in [1.54, 1.807) is 18.5 Å². The first-order valence-electron chi connectivity index (χ1n) is 5.58. The van der Waals surface area contributed by atoms with Gasteiger partial charge in [-0.15, -0.1) is 0 Å². The lowest BCUT2D eigenvalue weighted by molar-refractivity contribution is 1.00. The van der Waals surface area contributed by atoms with Crippen molar-refractivity contribution in [3.05, 3.63) is 47.9 Å². The third-order valence-electron chi connectivity index (χ3n) is 2.50. The number of nitriles is 1. The maximum atomic E-state index is 8.71. The summed E-state index contributed by atoms with van der Waals surface area (Å²) in [5, 5.41) is 11.9. The van der Waals surface area contributed by atoms with E-state index < -0.39 is 0 Å². The lowest BCUT2D eigenvalue weighted by atomic mass is 10.2. The minimum Gasteiger partial charge on any atom is -0.396 e. The van der Waals surface area contributed by atoms with Crippen LogP contribution in [-0.4, -0.2) is 16.5 Å². The van der Waals surface area contributed by atoms with Gasteiger partial charge in [-0.05, 0) is 30.2 Å². The van der Waals surface area contributed by atoms with E-state index in [-0.39, 0.29) is 0 Å². The SMILES string of the molecule is N#Cc1cnc(NCCc2ccncc2)c(N)c1. The van der Waals surface area contributed by atoms with Crippen LogP contribution in [0.5, 0.6) is 0 Å². The van der Waals surface area contributed by atoms with Crippen molar-refractivity contribution in [2.45, 2.75) is 6.42 Å². The highest BCUT2D eigenvalue weighted by Crippen LogP contribution is 2.15. The molecular formula is C13H13N5. The van der Waals surface area contributed by atoms with Gasteiger partial charge in [0.15, 0.2) is 0 Å². The molecule has 0 aromatic carbocycles. The van der Waals surface area contributed by atoms with Crippen LogP contribution in [0.1, 0.15) is 11.1 Å². The molecule has 2 rings (SSSR count). The number of anilines is 2. The van der Waals surface area contributed by atoms with Crippen molar-refractivity contribution < 1.29 is 0 Å². The van der Waals surface area contributed by atoms with Crippen LogP contribution in [0.3, 0.4) is 0 Å².